The highest BCUT2D eigenvalue weighted by Gasteiger charge is 2.38. The van der Waals surface area contributed by atoms with E-state index in [2.05, 4.69) is 10.2 Å². The molecule has 0 aromatic rings. The van der Waals surface area contributed by atoms with Gasteiger partial charge in [-0.05, 0) is 39.5 Å². The number of primary amides is 1. The number of nitrogens with two attached hydrogens (primary N) is 1. The molecule has 2 fully saturated rings. The Balaban J connectivity index is 1.83. The molecule has 0 spiro atoms. The number of carbonyl (C=O) groups is 1. The van der Waals surface area contributed by atoms with Crippen molar-refractivity contribution in [3.8, 4) is 0 Å². The van der Waals surface area contributed by atoms with Crippen LogP contribution in [0.25, 0.3) is 0 Å². The van der Waals surface area contributed by atoms with E-state index in [9.17, 15) is 4.79 Å². The number of piperidine rings is 1. The smallest absolute Gasteiger partial charge is 0.238 e. The van der Waals surface area contributed by atoms with Crippen LogP contribution in [0.4, 0.5) is 0 Å². The van der Waals surface area contributed by atoms with Gasteiger partial charge in [-0.3, -0.25) is 10.1 Å². The minimum absolute atomic E-state index is 0.244. The quantitative estimate of drug-likeness (QED) is 0.705. The van der Waals surface area contributed by atoms with Crippen molar-refractivity contribution < 1.29 is 9.53 Å². The Labute approximate surface area is 115 Å². The third-order valence-corrected chi connectivity index (χ3v) is 4.12. The molecule has 1 heterocycles. The lowest BCUT2D eigenvalue weighted by Crippen LogP contribution is -2.61. The molecule has 1 aliphatic carbocycles. The summed E-state index contributed by atoms with van der Waals surface area (Å²) in [6.07, 6.45) is 4.81. The number of amides is 1. The van der Waals surface area contributed by atoms with E-state index in [1.54, 1.807) is 0 Å². The number of nitrogens with one attached hydrogen (secondary N) is 1. The average Bonchev–Trinajstić information content (AvgIpc) is 3.15. The summed E-state index contributed by atoms with van der Waals surface area (Å²) in [7, 11) is 0. The predicted molar refractivity (Wildman–Crippen MR) is 74.8 cm³/mol. The summed E-state index contributed by atoms with van der Waals surface area (Å²) in [6.45, 7) is 7.43. The molecule has 0 radical (unpaired) electrons. The van der Waals surface area contributed by atoms with E-state index in [1.165, 1.54) is 0 Å². The summed E-state index contributed by atoms with van der Waals surface area (Å²) in [5.74, 6) is -0.244. The van der Waals surface area contributed by atoms with Crippen LogP contribution in [0.5, 0.6) is 0 Å². The van der Waals surface area contributed by atoms with Crippen molar-refractivity contribution >= 4 is 5.91 Å². The molecule has 5 nitrogen and oxygen atoms in total. The molecular weight excluding hydrogens is 242 g/mol. The lowest BCUT2D eigenvalue weighted by molar-refractivity contribution is -0.125. The Kier molecular flexibility index (Phi) is 4.81. The van der Waals surface area contributed by atoms with Gasteiger partial charge in [0.15, 0.2) is 0 Å². The number of ether oxygens (including phenoxy) is 1. The fourth-order valence-electron chi connectivity index (χ4n) is 2.79. The van der Waals surface area contributed by atoms with E-state index in [0.717, 1.165) is 45.4 Å². The van der Waals surface area contributed by atoms with Gasteiger partial charge in [0, 0.05) is 32.3 Å². The van der Waals surface area contributed by atoms with E-state index in [-0.39, 0.29) is 5.91 Å². The maximum absolute atomic E-state index is 11.7. The van der Waals surface area contributed by atoms with Crippen LogP contribution in [0, 0.1) is 0 Å². The second-order valence-corrected chi connectivity index (χ2v) is 6.05. The van der Waals surface area contributed by atoms with Gasteiger partial charge in [-0.2, -0.15) is 0 Å². The zero-order chi connectivity index (χ0) is 13.9. The topological polar surface area (TPSA) is 67.6 Å². The summed E-state index contributed by atoms with van der Waals surface area (Å²) in [4.78, 5) is 14.1. The Bertz CT molecular complexity index is 312. The molecular formula is C14H27N3O2. The summed E-state index contributed by atoms with van der Waals surface area (Å²) >= 11 is 0. The number of carbonyl (C=O) groups excluding carboxylic acids is 1. The molecule has 1 saturated carbocycles. The molecule has 2 rings (SSSR count). The first-order valence-corrected chi connectivity index (χ1v) is 7.45. The molecule has 1 saturated heterocycles. The number of nitrogens with zero attached hydrogens (tertiary/aromatic N) is 1. The SMILES string of the molecule is CCOC1CCN(CC(C)(NC2CC2)C(N)=O)CC1. The molecule has 3 N–H and O–H groups in total. The third kappa shape index (κ3) is 4.16. The van der Waals surface area contributed by atoms with Gasteiger partial charge in [0.2, 0.25) is 5.91 Å². The van der Waals surface area contributed by atoms with Gasteiger partial charge in [0.1, 0.15) is 5.54 Å². The maximum atomic E-state index is 11.7. The van der Waals surface area contributed by atoms with E-state index < -0.39 is 5.54 Å². The molecule has 0 aromatic heterocycles. The van der Waals surface area contributed by atoms with Crippen molar-refractivity contribution in [2.75, 3.05) is 26.2 Å². The molecule has 1 atom stereocenters. The molecule has 0 bridgehead atoms. The van der Waals surface area contributed by atoms with Crippen LogP contribution < -0.4 is 11.1 Å². The van der Waals surface area contributed by atoms with Crippen LogP contribution in [-0.2, 0) is 9.53 Å². The maximum Gasteiger partial charge on any atom is 0.238 e. The summed E-state index contributed by atoms with van der Waals surface area (Å²) in [6, 6.07) is 0.485. The van der Waals surface area contributed by atoms with Crippen LogP contribution in [0.3, 0.4) is 0 Å². The van der Waals surface area contributed by atoms with E-state index >= 15 is 0 Å². The fraction of sp³-hybridized carbons (Fsp3) is 0.929. The first kappa shape index (κ1) is 14.8. The molecule has 0 aromatic carbocycles. The molecule has 110 valence electrons. The first-order chi connectivity index (χ1) is 9.03. The highest BCUT2D eigenvalue weighted by Crippen LogP contribution is 2.24. The minimum Gasteiger partial charge on any atom is -0.378 e. The van der Waals surface area contributed by atoms with Crippen molar-refractivity contribution in [3.05, 3.63) is 0 Å². The Morgan fingerprint density at radius 1 is 1.37 bits per heavy atom. The van der Waals surface area contributed by atoms with Gasteiger partial charge in [0.25, 0.3) is 0 Å². The average molecular weight is 269 g/mol. The largest absolute Gasteiger partial charge is 0.378 e. The van der Waals surface area contributed by atoms with Crippen LogP contribution in [0.15, 0.2) is 0 Å². The Morgan fingerprint density at radius 2 is 2.00 bits per heavy atom. The Hall–Kier alpha value is -0.650. The van der Waals surface area contributed by atoms with E-state index in [0.29, 0.717) is 18.7 Å². The van der Waals surface area contributed by atoms with Gasteiger partial charge in [-0.15, -0.1) is 0 Å². The number of hydrogen-bond acceptors (Lipinski definition) is 4. The molecule has 1 amide bonds. The van der Waals surface area contributed by atoms with Crippen molar-refractivity contribution in [1.29, 1.82) is 0 Å². The van der Waals surface area contributed by atoms with Crippen LogP contribution in [-0.4, -0.2) is 54.7 Å². The van der Waals surface area contributed by atoms with Crippen LogP contribution >= 0.6 is 0 Å². The van der Waals surface area contributed by atoms with Crippen LogP contribution in [0.1, 0.15) is 39.5 Å². The van der Waals surface area contributed by atoms with E-state index in [4.69, 9.17) is 10.5 Å². The normalized spacial score (nSPS) is 25.2. The second kappa shape index (κ2) is 6.20. The van der Waals surface area contributed by atoms with Gasteiger partial charge in [0.05, 0.1) is 6.10 Å². The highest BCUT2D eigenvalue weighted by molar-refractivity contribution is 5.84. The monoisotopic (exact) mass is 269 g/mol. The standard InChI is InChI=1S/C14H27N3O2/c1-3-19-12-6-8-17(9-7-12)10-14(2,13(15)18)16-11-4-5-11/h11-12,16H,3-10H2,1-2H3,(H2,15,18). The van der Waals surface area contributed by atoms with Gasteiger partial charge in [-0.25, -0.2) is 0 Å². The molecule has 19 heavy (non-hydrogen) atoms. The second-order valence-electron chi connectivity index (χ2n) is 6.05. The fourth-order valence-corrected chi connectivity index (χ4v) is 2.79. The summed E-state index contributed by atoms with van der Waals surface area (Å²) in [5, 5.41) is 3.40. The van der Waals surface area contributed by atoms with Gasteiger partial charge < -0.3 is 15.4 Å². The Morgan fingerprint density at radius 3 is 2.47 bits per heavy atom. The van der Waals surface area contributed by atoms with E-state index in [1.807, 2.05) is 13.8 Å². The molecule has 2 aliphatic rings. The lowest BCUT2D eigenvalue weighted by atomic mass is 9.98. The zero-order valence-electron chi connectivity index (χ0n) is 12.2. The lowest BCUT2D eigenvalue weighted by Gasteiger charge is -2.38. The van der Waals surface area contributed by atoms with Crippen molar-refractivity contribution in [2.24, 2.45) is 5.73 Å². The highest BCUT2D eigenvalue weighted by atomic mass is 16.5. The third-order valence-electron chi connectivity index (χ3n) is 4.12. The predicted octanol–water partition coefficient (Wildman–Crippen LogP) is 0.483. The molecule has 5 heteroatoms. The van der Waals surface area contributed by atoms with Crippen molar-refractivity contribution in [3.63, 3.8) is 0 Å². The van der Waals surface area contributed by atoms with Crippen molar-refractivity contribution in [1.82, 2.24) is 10.2 Å². The minimum atomic E-state index is -0.598. The summed E-state index contributed by atoms with van der Waals surface area (Å²) < 4.78 is 5.65. The van der Waals surface area contributed by atoms with Crippen molar-refractivity contribution in [2.45, 2.75) is 57.2 Å². The molecule has 1 aliphatic heterocycles. The first-order valence-electron chi connectivity index (χ1n) is 7.45. The summed E-state index contributed by atoms with van der Waals surface area (Å²) in [5.41, 5.74) is 4.99. The zero-order valence-corrected chi connectivity index (χ0v) is 12.2. The molecule has 1 unspecified atom stereocenters. The number of hydrogen-bond donors (Lipinski definition) is 2. The van der Waals surface area contributed by atoms with Gasteiger partial charge in [-0.1, -0.05) is 0 Å². The van der Waals surface area contributed by atoms with Crippen LogP contribution in [0.2, 0.25) is 0 Å². The number of rotatable bonds is 7. The van der Waals surface area contributed by atoms with Gasteiger partial charge >= 0.3 is 0 Å². The number of likely N-dealkylation sites (tertiary alicyclic amines) is 1.